The van der Waals surface area contributed by atoms with Crippen LogP contribution in [0.3, 0.4) is 0 Å². The van der Waals surface area contributed by atoms with Gasteiger partial charge in [0, 0.05) is 18.8 Å². The van der Waals surface area contributed by atoms with Gasteiger partial charge in [0.25, 0.3) is 0 Å². The van der Waals surface area contributed by atoms with E-state index < -0.39 is 0 Å². The summed E-state index contributed by atoms with van der Waals surface area (Å²) in [6.45, 7) is 2.34. The number of rotatable bonds is 4. The molecule has 3 aromatic carbocycles. The molecular weight excluding hydrogens is 302 g/mol. The minimum Gasteiger partial charge on any atom is -0.372 e. The van der Waals surface area contributed by atoms with Crippen LogP contribution in [0.4, 0.5) is 5.69 Å². The van der Waals surface area contributed by atoms with Gasteiger partial charge in [-0.3, -0.25) is 0 Å². The molecule has 0 radical (unpaired) electrons. The standard InChI is InChI=1S/C24H25N/c1-3-7-20(8-4-1)19-21-15-17-25(18-16-21)24-13-11-23(12-14-24)22-9-5-2-6-10-22/h1-14,21H,15-19H2. The molecule has 0 saturated carbocycles. The molecule has 0 N–H and O–H groups in total. The molecular formula is C24H25N. The quantitative estimate of drug-likeness (QED) is 0.584. The molecule has 1 heterocycles. The van der Waals surface area contributed by atoms with Gasteiger partial charge in [-0.1, -0.05) is 72.8 Å². The highest BCUT2D eigenvalue weighted by atomic mass is 15.1. The van der Waals surface area contributed by atoms with Gasteiger partial charge >= 0.3 is 0 Å². The third-order valence-electron chi connectivity index (χ3n) is 5.32. The number of nitrogens with zero attached hydrogens (tertiary/aromatic N) is 1. The van der Waals surface area contributed by atoms with Crippen molar-refractivity contribution in [3.63, 3.8) is 0 Å². The van der Waals surface area contributed by atoms with Crippen molar-refractivity contribution in [3.05, 3.63) is 90.5 Å². The van der Waals surface area contributed by atoms with Crippen molar-refractivity contribution in [2.75, 3.05) is 18.0 Å². The molecule has 4 rings (SSSR count). The summed E-state index contributed by atoms with van der Waals surface area (Å²) >= 11 is 0. The molecule has 1 saturated heterocycles. The average molecular weight is 327 g/mol. The number of anilines is 1. The molecule has 1 fully saturated rings. The van der Waals surface area contributed by atoms with E-state index in [1.807, 2.05) is 0 Å². The predicted octanol–water partition coefficient (Wildman–Crippen LogP) is 5.81. The molecule has 1 aliphatic heterocycles. The molecule has 1 nitrogen and oxygen atoms in total. The fourth-order valence-electron chi connectivity index (χ4n) is 3.84. The SMILES string of the molecule is c1ccc(CC2CCN(c3ccc(-c4ccccc4)cc3)CC2)cc1. The van der Waals surface area contributed by atoms with Gasteiger partial charge in [-0.05, 0) is 54.0 Å². The van der Waals surface area contributed by atoms with Crippen LogP contribution in [0, 0.1) is 5.92 Å². The van der Waals surface area contributed by atoms with E-state index in [1.54, 1.807) is 0 Å². The van der Waals surface area contributed by atoms with E-state index in [4.69, 9.17) is 0 Å². The Morgan fingerprint density at radius 1 is 0.640 bits per heavy atom. The van der Waals surface area contributed by atoms with Crippen LogP contribution in [-0.4, -0.2) is 13.1 Å². The summed E-state index contributed by atoms with van der Waals surface area (Å²) in [5.41, 5.74) is 5.42. The third-order valence-corrected chi connectivity index (χ3v) is 5.32. The monoisotopic (exact) mass is 327 g/mol. The first kappa shape index (κ1) is 16.0. The van der Waals surface area contributed by atoms with Gasteiger partial charge in [0.1, 0.15) is 0 Å². The summed E-state index contributed by atoms with van der Waals surface area (Å²) in [5, 5.41) is 0. The Morgan fingerprint density at radius 2 is 1.20 bits per heavy atom. The molecule has 1 heteroatoms. The lowest BCUT2D eigenvalue weighted by atomic mass is 9.90. The Morgan fingerprint density at radius 3 is 1.84 bits per heavy atom. The van der Waals surface area contributed by atoms with Crippen molar-refractivity contribution in [3.8, 4) is 11.1 Å². The van der Waals surface area contributed by atoms with E-state index in [9.17, 15) is 0 Å². The zero-order chi connectivity index (χ0) is 16.9. The third kappa shape index (κ3) is 3.93. The van der Waals surface area contributed by atoms with Gasteiger partial charge in [-0.25, -0.2) is 0 Å². The lowest BCUT2D eigenvalue weighted by Gasteiger charge is -2.33. The second-order valence-electron chi connectivity index (χ2n) is 7.03. The van der Waals surface area contributed by atoms with Gasteiger partial charge in [0.05, 0.1) is 0 Å². The highest BCUT2D eigenvalue weighted by Crippen LogP contribution is 2.28. The first-order chi connectivity index (χ1) is 12.4. The Balaban J connectivity index is 1.36. The lowest BCUT2D eigenvalue weighted by molar-refractivity contribution is 0.404. The molecule has 0 aromatic heterocycles. The lowest BCUT2D eigenvalue weighted by Crippen LogP contribution is -2.34. The van der Waals surface area contributed by atoms with Crippen LogP contribution >= 0.6 is 0 Å². The fourth-order valence-corrected chi connectivity index (χ4v) is 3.84. The van der Waals surface area contributed by atoms with Crippen molar-refractivity contribution in [1.82, 2.24) is 0 Å². The normalized spacial score (nSPS) is 15.3. The number of hydrogen-bond acceptors (Lipinski definition) is 1. The molecule has 25 heavy (non-hydrogen) atoms. The van der Waals surface area contributed by atoms with E-state index in [0.29, 0.717) is 0 Å². The Bertz CT molecular complexity index is 769. The Kier molecular flexibility index (Phi) is 4.83. The minimum atomic E-state index is 0.822. The predicted molar refractivity (Wildman–Crippen MR) is 107 cm³/mol. The Hall–Kier alpha value is -2.54. The Labute approximate surface area is 150 Å². The second kappa shape index (κ2) is 7.57. The summed E-state index contributed by atoms with van der Waals surface area (Å²) in [4.78, 5) is 2.54. The zero-order valence-electron chi connectivity index (χ0n) is 14.6. The van der Waals surface area contributed by atoms with E-state index >= 15 is 0 Å². The number of hydrogen-bond donors (Lipinski definition) is 0. The van der Waals surface area contributed by atoms with Crippen LogP contribution < -0.4 is 4.90 Å². The first-order valence-electron chi connectivity index (χ1n) is 9.33. The molecule has 0 amide bonds. The maximum absolute atomic E-state index is 2.54. The molecule has 0 unspecified atom stereocenters. The van der Waals surface area contributed by atoms with Crippen LogP contribution in [0.2, 0.25) is 0 Å². The summed E-state index contributed by atoms with van der Waals surface area (Å²) in [6.07, 6.45) is 3.80. The van der Waals surface area contributed by atoms with Crippen molar-refractivity contribution in [2.45, 2.75) is 19.3 Å². The van der Waals surface area contributed by atoms with Gasteiger partial charge in [-0.15, -0.1) is 0 Å². The molecule has 126 valence electrons. The van der Waals surface area contributed by atoms with E-state index in [2.05, 4.69) is 89.8 Å². The van der Waals surface area contributed by atoms with Gasteiger partial charge < -0.3 is 4.90 Å². The fraction of sp³-hybridized carbons (Fsp3) is 0.250. The van der Waals surface area contributed by atoms with Crippen molar-refractivity contribution >= 4 is 5.69 Å². The smallest absolute Gasteiger partial charge is 0.0366 e. The summed E-state index contributed by atoms with van der Waals surface area (Å²) in [6, 6.07) is 30.6. The maximum Gasteiger partial charge on any atom is 0.0366 e. The minimum absolute atomic E-state index is 0.822. The van der Waals surface area contributed by atoms with Gasteiger partial charge in [0.15, 0.2) is 0 Å². The molecule has 0 aliphatic carbocycles. The average Bonchev–Trinajstić information content (AvgIpc) is 2.70. The number of benzene rings is 3. The maximum atomic E-state index is 2.54. The summed E-state index contributed by atoms with van der Waals surface area (Å²) in [5.74, 6) is 0.822. The molecule has 3 aromatic rings. The summed E-state index contributed by atoms with van der Waals surface area (Å²) in [7, 11) is 0. The van der Waals surface area contributed by atoms with Crippen LogP contribution in [0.15, 0.2) is 84.9 Å². The molecule has 1 aliphatic rings. The molecule has 0 atom stereocenters. The highest BCUT2D eigenvalue weighted by Gasteiger charge is 2.19. The van der Waals surface area contributed by atoms with Crippen LogP contribution in [-0.2, 0) is 6.42 Å². The topological polar surface area (TPSA) is 3.24 Å². The van der Waals surface area contributed by atoms with Crippen LogP contribution in [0.5, 0.6) is 0 Å². The summed E-state index contributed by atoms with van der Waals surface area (Å²) < 4.78 is 0. The van der Waals surface area contributed by atoms with E-state index in [-0.39, 0.29) is 0 Å². The highest BCUT2D eigenvalue weighted by molar-refractivity contribution is 5.66. The van der Waals surface area contributed by atoms with E-state index in [1.165, 1.54) is 54.7 Å². The van der Waals surface area contributed by atoms with Crippen LogP contribution in [0.1, 0.15) is 18.4 Å². The second-order valence-corrected chi connectivity index (χ2v) is 7.03. The van der Waals surface area contributed by atoms with Gasteiger partial charge in [0.2, 0.25) is 0 Å². The molecule has 0 bridgehead atoms. The van der Waals surface area contributed by atoms with Crippen molar-refractivity contribution in [1.29, 1.82) is 0 Å². The zero-order valence-corrected chi connectivity index (χ0v) is 14.6. The number of piperidine rings is 1. The van der Waals surface area contributed by atoms with Crippen LogP contribution in [0.25, 0.3) is 11.1 Å². The first-order valence-corrected chi connectivity index (χ1v) is 9.33. The van der Waals surface area contributed by atoms with Crippen molar-refractivity contribution in [2.24, 2.45) is 5.92 Å². The largest absolute Gasteiger partial charge is 0.372 e. The van der Waals surface area contributed by atoms with Gasteiger partial charge in [-0.2, -0.15) is 0 Å². The molecule has 0 spiro atoms. The van der Waals surface area contributed by atoms with Crippen molar-refractivity contribution < 1.29 is 0 Å². The van der Waals surface area contributed by atoms with E-state index in [0.717, 1.165) is 5.92 Å².